The number of ether oxygens (including phenoxy) is 1. The summed E-state index contributed by atoms with van der Waals surface area (Å²) in [6, 6.07) is 10.3. The Kier molecular flexibility index (Phi) is 4.70. The topological polar surface area (TPSA) is 102 Å². The van der Waals surface area contributed by atoms with E-state index in [1.165, 1.54) is 11.0 Å². The van der Waals surface area contributed by atoms with E-state index in [2.05, 4.69) is 5.32 Å². The molecule has 0 saturated heterocycles. The van der Waals surface area contributed by atoms with Gasteiger partial charge in [0.2, 0.25) is 0 Å². The molecule has 1 fully saturated rings. The molecular weight excluding hydrogens is 377 g/mol. The van der Waals surface area contributed by atoms with Crippen molar-refractivity contribution >= 4 is 34.8 Å². The maximum Gasteiger partial charge on any atom is 0.340 e. The van der Waals surface area contributed by atoms with Crippen LogP contribution < -0.4 is 16.0 Å². The number of benzene rings is 2. The highest BCUT2D eigenvalue weighted by Crippen LogP contribution is 2.45. The van der Waals surface area contributed by atoms with Gasteiger partial charge in [0.25, 0.3) is 11.8 Å². The molecule has 2 aromatic carbocycles. The smallest absolute Gasteiger partial charge is 0.340 e. The number of nitrogens with two attached hydrogens (primary N) is 1. The zero-order chi connectivity index (χ0) is 20.6. The fraction of sp³-hybridized carbons (Fsp3) is 0.286. The molecule has 1 saturated carbocycles. The monoisotopic (exact) mass is 397 g/mol. The van der Waals surface area contributed by atoms with Crippen LogP contribution in [0.15, 0.2) is 42.5 Å². The van der Waals surface area contributed by atoms with Gasteiger partial charge < -0.3 is 15.8 Å². The zero-order valence-corrected chi connectivity index (χ0v) is 15.6. The second-order valence-corrected chi connectivity index (χ2v) is 7.25. The molecule has 1 aliphatic heterocycles. The van der Waals surface area contributed by atoms with Crippen molar-refractivity contribution in [2.24, 2.45) is 0 Å². The van der Waals surface area contributed by atoms with Crippen LogP contribution in [-0.2, 0) is 14.3 Å². The van der Waals surface area contributed by atoms with Crippen molar-refractivity contribution in [2.75, 3.05) is 22.6 Å². The molecule has 0 atom stereocenters. The van der Waals surface area contributed by atoms with Crippen LogP contribution in [0.25, 0.3) is 0 Å². The standard InChI is InChI=1S/C21H20FN3O4/c22-13-7-8-14(15(23)11-13)19(27)29-12-18(26)25-17-6-2-1-5-16(17)24-20(28)21(25)9-3-4-10-21/h1-2,5-8,11H,3-4,9-10,12,23H2,(H,24,28). The maximum atomic E-state index is 13.2. The highest BCUT2D eigenvalue weighted by atomic mass is 19.1. The Morgan fingerprint density at radius 2 is 1.90 bits per heavy atom. The van der Waals surface area contributed by atoms with Gasteiger partial charge in [-0.2, -0.15) is 0 Å². The predicted molar refractivity (Wildman–Crippen MR) is 105 cm³/mol. The van der Waals surface area contributed by atoms with E-state index < -0.39 is 29.8 Å². The minimum Gasteiger partial charge on any atom is -0.452 e. The van der Waals surface area contributed by atoms with Crippen LogP contribution in [0.3, 0.4) is 0 Å². The highest BCUT2D eigenvalue weighted by Gasteiger charge is 2.52. The lowest BCUT2D eigenvalue weighted by Gasteiger charge is -2.44. The van der Waals surface area contributed by atoms with Crippen molar-refractivity contribution in [3.05, 3.63) is 53.8 Å². The van der Waals surface area contributed by atoms with Gasteiger partial charge in [-0.3, -0.25) is 14.5 Å². The molecule has 0 bridgehead atoms. The molecule has 1 aliphatic carbocycles. The lowest BCUT2D eigenvalue weighted by Crippen LogP contribution is -2.61. The average molecular weight is 397 g/mol. The van der Waals surface area contributed by atoms with E-state index in [9.17, 15) is 18.8 Å². The van der Waals surface area contributed by atoms with Crippen LogP contribution in [0.5, 0.6) is 0 Å². The van der Waals surface area contributed by atoms with Crippen LogP contribution in [0.4, 0.5) is 21.5 Å². The Morgan fingerprint density at radius 3 is 2.62 bits per heavy atom. The van der Waals surface area contributed by atoms with Gasteiger partial charge >= 0.3 is 5.97 Å². The van der Waals surface area contributed by atoms with Gasteiger partial charge in [0.1, 0.15) is 11.4 Å². The summed E-state index contributed by atoms with van der Waals surface area (Å²) in [5.74, 6) is -2.13. The summed E-state index contributed by atoms with van der Waals surface area (Å²) in [7, 11) is 0. The van der Waals surface area contributed by atoms with Crippen LogP contribution >= 0.6 is 0 Å². The first-order valence-corrected chi connectivity index (χ1v) is 9.38. The number of carbonyl (C=O) groups excluding carboxylic acids is 3. The third-order valence-electron chi connectivity index (χ3n) is 5.48. The first-order chi connectivity index (χ1) is 13.9. The van der Waals surface area contributed by atoms with E-state index in [1.54, 1.807) is 24.3 Å². The van der Waals surface area contributed by atoms with Crippen molar-refractivity contribution in [3.8, 4) is 0 Å². The summed E-state index contributed by atoms with van der Waals surface area (Å²) in [6.45, 7) is -0.557. The van der Waals surface area contributed by atoms with E-state index in [4.69, 9.17) is 10.5 Å². The Labute approximate surface area is 166 Å². The Balaban J connectivity index is 1.59. The van der Waals surface area contributed by atoms with Crippen molar-refractivity contribution in [1.29, 1.82) is 0 Å². The van der Waals surface area contributed by atoms with Gasteiger partial charge in [0.05, 0.1) is 16.9 Å². The molecule has 2 aromatic rings. The third kappa shape index (κ3) is 3.20. The van der Waals surface area contributed by atoms with Crippen molar-refractivity contribution < 1.29 is 23.5 Å². The number of hydrogen-bond acceptors (Lipinski definition) is 5. The molecule has 0 unspecified atom stereocenters. The van der Waals surface area contributed by atoms with Gasteiger partial charge in [0.15, 0.2) is 6.61 Å². The van der Waals surface area contributed by atoms with Crippen LogP contribution in [0.1, 0.15) is 36.0 Å². The second kappa shape index (κ2) is 7.20. The molecule has 1 heterocycles. The lowest BCUT2D eigenvalue weighted by molar-refractivity contribution is -0.129. The molecule has 150 valence electrons. The predicted octanol–water partition coefficient (Wildman–Crippen LogP) is 2.86. The SMILES string of the molecule is Nc1cc(F)ccc1C(=O)OCC(=O)N1c2ccccc2NC(=O)C12CCCC2. The third-order valence-corrected chi connectivity index (χ3v) is 5.48. The molecule has 3 N–H and O–H groups in total. The molecule has 7 nitrogen and oxygen atoms in total. The summed E-state index contributed by atoms with van der Waals surface area (Å²) in [4.78, 5) is 39.8. The van der Waals surface area contributed by atoms with Crippen LogP contribution in [-0.4, -0.2) is 29.9 Å². The maximum absolute atomic E-state index is 13.2. The van der Waals surface area contributed by atoms with Gasteiger partial charge in [-0.15, -0.1) is 0 Å². The highest BCUT2D eigenvalue weighted by molar-refractivity contribution is 6.15. The van der Waals surface area contributed by atoms with Crippen molar-refractivity contribution in [3.63, 3.8) is 0 Å². The van der Waals surface area contributed by atoms with Gasteiger partial charge in [-0.25, -0.2) is 9.18 Å². The van der Waals surface area contributed by atoms with E-state index in [0.29, 0.717) is 24.2 Å². The minimum atomic E-state index is -0.979. The Morgan fingerprint density at radius 1 is 1.17 bits per heavy atom. The summed E-state index contributed by atoms with van der Waals surface area (Å²) in [5.41, 5.74) is 5.70. The van der Waals surface area contributed by atoms with Gasteiger partial charge in [-0.1, -0.05) is 25.0 Å². The Bertz CT molecular complexity index is 1000. The number of carbonyl (C=O) groups is 3. The first kappa shape index (κ1) is 18.9. The van der Waals surface area contributed by atoms with Crippen molar-refractivity contribution in [1.82, 2.24) is 0 Å². The molecule has 0 radical (unpaired) electrons. The molecule has 0 aromatic heterocycles. The molecule has 29 heavy (non-hydrogen) atoms. The quantitative estimate of drug-likeness (QED) is 0.613. The number of hydrogen-bond donors (Lipinski definition) is 2. The van der Waals surface area contributed by atoms with E-state index in [1.807, 2.05) is 0 Å². The number of amides is 2. The molecule has 2 aliphatic rings. The number of para-hydroxylation sites is 2. The number of anilines is 3. The van der Waals surface area contributed by atoms with Gasteiger partial charge in [0, 0.05) is 5.69 Å². The number of rotatable bonds is 3. The average Bonchev–Trinajstić information content (AvgIpc) is 3.17. The summed E-state index contributed by atoms with van der Waals surface area (Å²) >= 11 is 0. The fourth-order valence-corrected chi connectivity index (χ4v) is 4.12. The largest absolute Gasteiger partial charge is 0.452 e. The van der Waals surface area contributed by atoms with E-state index in [-0.39, 0.29) is 17.2 Å². The van der Waals surface area contributed by atoms with Gasteiger partial charge in [-0.05, 0) is 43.2 Å². The molecule has 2 amide bonds. The van der Waals surface area contributed by atoms with E-state index in [0.717, 1.165) is 25.0 Å². The minimum absolute atomic E-state index is 0.0217. The van der Waals surface area contributed by atoms with Crippen LogP contribution in [0, 0.1) is 5.82 Å². The fourth-order valence-electron chi connectivity index (χ4n) is 4.12. The number of nitrogens with zero attached hydrogens (tertiary/aromatic N) is 1. The number of fused-ring (bicyclic) bond motifs is 1. The molecule has 8 heteroatoms. The van der Waals surface area contributed by atoms with E-state index >= 15 is 0 Å². The molecule has 4 rings (SSSR count). The van der Waals surface area contributed by atoms with Crippen LogP contribution in [0.2, 0.25) is 0 Å². The second-order valence-electron chi connectivity index (χ2n) is 7.25. The Hall–Kier alpha value is -3.42. The van der Waals surface area contributed by atoms with Crippen molar-refractivity contribution in [2.45, 2.75) is 31.2 Å². The summed E-state index contributed by atoms with van der Waals surface area (Å²) < 4.78 is 18.3. The molecular formula is C21H20FN3O4. The normalized spacial score (nSPS) is 17.0. The summed E-state index contributed by atoms with van der Waals surface area (Å²) in [5, 5.41) is 2.89. The number of nitrogens with one attached hydrogen (secondary N) is 1. The number of nitrogen functional groups attached to an aromatic ring is 1. The summed E-state index contributed by atoms with van der Waals surface area (Å²) in [6.07, 6.45) is 2.73. The zero-order valence-electron chi connectivity index (χ0n) is 15.6. The lowest BCUT2D eigenvalue weighted by atomic mass is 9.90. The molecule has 1 spiro atoms. The number of halogens is 1. The number of esters is 1. The first-order valence-electron chi connectivity index (χ1n) is 9.38.